The highest BCUT2D eigenvalue weighted by molar-refractivity contribution is 6.34. The van der Waals surface area contributed by atoms with Crippen molar-refractivity contribution in [3.05, 3.63) is 121 Å². The molecule has 2 bridgehead atoms. The van der Waals surface area contributed by atoms with Crippen LogP contribution < -0.4 is 9.80 Å². The van der Waals surface area contributed by atoms with Gasteiger partial charge >= 0.3 is 0 Å². The van der Waals surface area contributed by atoms with E-state index in [1.165, 1.54) is 9.80 Å². The Morgan fingerprint density at radius 3 is 2.21 bits per heavy atom. The van der Waals surface area contributed by atoms with E-state index in [4.69, 9.17) is 16.3 Å². The predicted molar refractivity (Wildman–Crippen MR) is 183 cm³/mol. The van der Waals surface area contributed by atoms with Crippen LogP contribution in [0.25, 0.3) is 0 Å². The van der Waals surface area contributed by atoms with Crippen molar-refractivity contribution in [2.75, 3.05) is 29.5 Å². The first-order valence-electron chi connectivity index (χ1n) is 16.0. The van der Waals surface area contributed by atoms with E-state index in [1.54, 1.807) is 41.3 Å². The molecule has 3 aliphatic rings. The van der Waals surface area contributed by atoms with Gasteiger partial charge in [-0.15, -0.1) is 13.2 Å². The molecular weight excluding hydrogens is 614 g/mol. The van der Waals surface area contributed by atoms with Crippen molar-refractivity contribution in [2.24, 2.45) is 11.8 Å². The first kappa shape index (κ1) is 32.7. The molecule has 2 unspecified atom stereocenters. The third-order valence-corrected chi connectivity index (χ3v) is 10.3. The lowest BCUT2D eigenvalue weighted by Gasteiger charge is -2.39. The highest BCUT2D eigenvalue weighted by atomic mass is 35.5. The maximum absolute atomic E-state index is 15.0. The number of rotatable bonds is 12. The first-order chi connectivity index (χ1) is 22.7. The van der Waals surface area contributed by atoms with Gasteiger partial charge in [0.15, 0.2) is 0 Å². The van der Waals surface area contributed by atoms with Crippen LogP contribution >= 0.6 is 11.6 Å². The topological polar surface area (TPSA) is 90.4 Å². The van der Waals surface area contributed by atoms with Crippen LogP contribution in [0, 0.1) is 11.8 Å². The summed E-state index contributed by atoms with van der Waals surface area (Å²) < 4.78 is 6.92. The normalized spacial score (nSPS) is 26.5. The SMILES string of the molecule is C=CCN(C(=O)[C@H]1[C@H]2C(=O)N([C@@H](CO)Cc3ccccc3)C(C(=O)N(CC=C)c3ccccc3Cl)C23CC[C@]1(C)O3)c1ccccc1. The summed E-state index contributed by atoms with van der Waals surface area (Å²) in [5.41, 5.74) is -0.230. The van der Waals surface area contributed by atoms with Crippen LogP contribution in [0.15, 0.2) is 110 Å². The average Bonchev–Trinajstić information content (AvgIpc) is 3.66. The quantitative estimate of drug-likeness (QED) is 0.263. The van der Waals surface area contributed by atoms with Crippen LogP contribution in [0.4, 0.5) is 11.4 Å². The smallest absolute Gasteiger partial charge is 0.253 e. The molecule has 47 heavy (non-hydrogen) atoms. The van der Waals surface area contributed by atoms with Crippen LogP contribution in [0.2, 0.25) is 5.02 Å². The number of ether oxygens (including phenoxy) is 1. The molecule has 3 amide bonds. The Morgan fingerprint density at radius 1 is 0.957 bits per heavy atom. The number of fused-ring (bicyclic) bond motifs is 1. The number of carbonyl (C=O) groups excluding carboxylic acids is 3. The first-order valence-corrected chi connectivity index (χ1v) is 16.4. The molecule has 3 aromatic rings. The zero-order valence-electron chi connectivity index (χ0n) is 26.5. The van der Waals surface area contributed by atoms with Crippen molar-refractivity contribution in [2.45, 2.75) is 49.5 Å². The lowest BCUT2D eigenvalue weighted by atomic mass is 9.66. The van der Waals surface area contributed by atoms with Crippen molar-refractivity contribution in [1.82, 2.24) is 4.90 Å². The lowest BCUT2D eigenvalue weighted by molar-refractivity contribution is -0.148. The van der Waals surface area contributed by atoms with Gasteiger partial charge in [0, 0.05) is 18.8 Å². The number of hydrogen-bond acceptors (Lipinski definition) is 5. The van der Waals surface area contributed by atoms with Crippen LogP contribution in [0.3, 0.4) is 0 Å². The minimum Gasteiger partial charge on any atom is -0.394 e. The lowest BCUT2D eigenvalue weighted by Crippen LogP contribution is -2.59. The Bertz CT molecular complexity index is 1670. The molecule has 9 heteroatoms. The van der Waals surface area contributed by atoms with Gasteiger partial charge in [0.1, 0.15) is 11.6 Å². The second kappa shape index (κ2) is 13.1. The van der Waals surface area contributed by atoms with Crippen molar-refractivity contribution >= 4 is 40.7 Å². The third-order valence-electron chi connectivity index (χ3n) is 10.00. The Morgan fingerprint density at radius 2 is 1.57 bits per heavy atom. The number of carbonyl (C=O) groups is 3. The molecule has 3 fully saturated rings. The molecular formula is C38H40ClN3O5. The number of para-hydroxylation sites is 2. The summed E-state index contributed by atoms with van der Waals surface area (Å²) in [5.74, 6) is -2.84. The molecule has 3 aliphatic heterocycles. The van der Waals surface area contributed by atoms with Gasteiger partial charge in [-0.2, -0.15) is 0 Å². The maximum Gasteiger partial charge on any atom is 0.253 e. The highest BCUT2D eigenvalue weighted by Crippen LogP contribution is 2.64. The van der Waals surface area contributed by atoms with Crippen LogP contribution in [0.1, 0.15) is 25.3 Å². The standard InChI is InChI=1S/C38H40ClN3O5/c1-4-22-40(27-16-10-7-11-17-27)34(44)31-32-35(45)42(28(25-43)24-26-14-8-6-9-15-26)33(38(32)21-20-37(31,3)47-38)36(46)41(23-5-2)30-19-13-12-18-29(30)39/h4-19,28,31-33,43H,1-2,20-25H2,3H3/t28-,31-,32+,33?,37+,38?/m1/s1. The van der Waals surface area contributed by atoms with E-state index in [0.29, 0.717) is 35.7 Å². The summed E-state index contributed by atoms with van der Waals surface area (Å²) >= 11 is 6.63. The highest BCUT2D eigenvalue weighted by Gasteiger charge is 2.79. The Hall–Kier alpha value is -4.24. The molecule has 0 aliphatic carbocycles. The maximum atomic E-state index is 15.0. The summed E-state index contributed by atoms with van der Waals surface area (Å²) in [6.07, 6.45) is 4.46. The van der Waals surface area contributed by atoms with Gasteiger partial charge < -0.3 is 24.5 Å². The van der Waals surface area contributed by atoms with Crippen LogP contribution in [0.5, 0.6) is 0 Å². The molecule has 3 saturated heterocycles. The predicted octanol–water partition coefficient (Wildman–Crippen LogP) is 5.45. The molecule has 0 saturated carbocycles. The number of likely N-dealkylation sites (tertiary alicyclic amines) is 1. The van der Waals surface area contributed by atoms with Crippen LogP contribution in [-0.2, 0) is 25.5 Å². The number of aliphatic hydroxyl groups excluding tert-OH is 1. The van der Waals surface area contributed by atoms with E-state index in [0.717, 1.165) is 5.56 Å². The summed E-state index contributed by atoms with van der Waals surface area (Å²) in [5, 5.41) is 11.2. The number of aliphatic hydroxyl groups is 1. The fourth-order valence-electron chi connectivity index (χ4n) is 8.03. The van der Waals surface area contributed by atoms with E-state index in [9.17, 15) is 14.7 Å². The summed E-state index contributed by atoms with van der Waals surface area (Å²) in [7, 11) is 0. The summed E-state index contributed by atoms with van der Waals surface area (Å²) in [6.45, 7) is 9.62. The average molecular weight is 654 g/mol. The zero-order valence-corrected chi connectivity index (χ0v) is 27.3. The van der Waals surface area contributed by atoms with Gasteiger partial charge in [0.2, 0.25) is 11.8 Å². The Kier molecular flexibility index (Phi) is 9.12. The fraction of sp³-hybridized carbons (Fsp3) is 0.342. The van der Waals surface area contributed by atoms with E-state index >= 15 is 4.79 Å². The number of nitrogens with zero attached hydrogens (tertiary/aromatic N) is 3. The number of hydrogen-bond donors (Lipinski definition) is 1. The molecule has 1 spiro atoms. The summed E-state index contributed by atoms with van der Waals surface area (Å²) in [4.78, 5) is 49.4. The molecule has 0 aromatic heterocycles. The molecule has 1 N–H and O–H groups in total. The van der Waals surface area contributed by atoms with Gasteiger partial charge in [-0.1, -0.05) is 84.4 Å². The zero-order chi connectivity index (χ0) is 33.3. The van der Waals surface area contributed by atoms with E-state index in [1.807, 2.05) is 67.6 Å². The van der Waals surface area contributed by atoms with Gasteiger partial charge in [0.05, 0.1) is 40.8 Å². The largest absolute Gasteiger partial charge is 0.394 e. The van der Waals surface area contributed by atoms with E-state index < -0.39 is 41.0 Å². The van der Waals surface area contributed by atoms with Crippen molar-refractivity contribution < 1.29 is 24.2 Å². The monoisotopic (exact) mass is 653 g/mol. The molecule has 3 heterocycles. The van der Waals surface area contributed by atoms with Gasteiger partial charge in [0.25, 0.3) is 5.91 Å². The molecule has 6 rings (SSSR count). The van der Waals surface area contributed by atoms with Crippen molar-refractivity contribution in [3.63, 3.8) is 0 Å². The molecule has 6 atom stereocenters. The number of halogens is 1. The third kappa shape index (κ3) is 5.48. The fourth-order valence-corrected chi connectivity index (χ4v) is 8.27. The minimum absolute atomic E-state index is 0.130. The van der Waals surface area contributed by atoms with Crippen molar-refractivity contribution in [3.8, 4) is 0 Å². The molecule has 3 aromatic carbocycles. The molecule has 0 radical (unpaired) electrons. The second-order valence-corrected chi connectivity index (χ2v) is 13.2. The van der Waals surface area contributed by atoms with Gasteiger partial charge in [-0.05, 0) is 56.0 Å². The van der Waals surface area contributed by atoms with Gasteiger partial charge in [-0.25, -0.2) is 0 Å². The molecule has 8 nitrogen and oxygen atoms in total. The molecule has 244 valence electrons. The Labute approximate surface area is 280 Å². The van der Waals surface area contributed by atoms with Gasteiger partial charge in [-0.3, -0.25) is 14.4 Å². The number of anilines is 2. The van der Waals surface area contributed by atoms with E-state index in [-0.39, 0.29) is 31.5 Å². The van der Waals surface area contributed by atoms with Crippen LogP contribution in [-0.4, -0.2) is 70.7 Å². The summed E-state index contributed by atoms with van der Waals surface area (Å²) in [6, 6.07) is 24.0. The number of amides is 3. The minimum atomic E-state index is -1.30. The van der Waals surface area contributed by atoms with E-state index in [2.05, 4.69) is 13.2 Å². The number of benzene rings is 3. The second-order valence-electron chi connectivity index (χ2n) is 12.8. The van der Waals surface area contributed by atoms with Crippen molar-refractivity contribution in [1.29, 1.82) is 0 Å². The Balaban J connectivity index is 1.48.